The lowest BCUT2D eigenvalue weighted by Gasteiger charge is -2.03. The van der Waals surface area contributed by atoms with E-state index in [2.05, 4.69) is 22.5 Å². The second kappa shape index (κ2) is 6.53. The molecule has 1 N–H and O–H groups in total. The van der Waals surface area contributed by atoms with Crippen LogP contribution in [0.25, 0.3) is 0 Å². The van der Waals surface area contributed by atoms with E-state index in [0.717, 1.165) is 22.5 Å². The summed E-state index contributed by atoms with van der Waals surface area (Å²) in [5, 5.41) is 3.30. The highest BCUT2D eigenvalue weighted by molar-refractivity contribution is 5.89. The average Bonchev–Trinajstić information content (AvgIpc) is 3.00. The summed E-state index contributed by atoms with van der Waals surface area (Å²) in [7, 11) is 0. The van der Waals surface area contributed by atoms with E-state index >= 15 is 0 Å². The van der Waals surface area contributed by atoms with Crippen LogP contribution in [-0.4, -0.2) is 6.21 Å². The minimum absolute atomic E-state index is 0.959. The van der Waals surface area contributed by atoms with E-state index in [9.17, 15) is 0 Å². The van der Waals surface area contributed by atoms with Gasteiger partial charge in [0.15, 0.2) is 0 Å². The Kier molecular flexibility index (Phi) is 4.08. The Balaban J connectivity index is 1.70. The first kappa shape index (κ1) is 13.1. The number of allylic oxidation sites excluding steroid dienone is 5. The molecule has 0 radical (unpaired) electrons. The van der Waals surface area contributed by atoms with Gasteiger partial charge < -0.3 is 5.32 Å². The predicted octanol–water partition coefficient (Wildman–Crippen LogP) is 4.88. The number of benzene rings is 2. The van der Waals surface area contributed by atoms with Crippen LogP contribution >= 0.6 is 0 Å². The zero-order valence-corrected chi connectivity index (χ0v) is 11.6. The summed E-state index contributed by atoms with van der Waals surface area (Å²) in [6, 6.07) is 20.1. The van der Waals surface area contributed by atoms with Gasteiger partial charge in [0, 0.05) is 23.7 Å². The number of para-hydroxylation sites is 2. The van der Waals surface area contributed by atoms with Crippen LogP contribution in [0, 0.1) is 0 Å². The van der Waals surface area contributed by atoms with Gasteiger partial charge in [-0.2, -0.15) is 0 Å². The van der Waals surface area contributed by atoms with Crippen LogP contribution in [0.4, 0.5) is 11.4 Å². The van der Waals surface area contributed by atoms with Gasteiger partial charge >= 0.3 is 0 Å². The molecule has 2 heteroatoms. The SMILES string of the molecule is C1=C/C(=C/[15NH]c2ccccc2)C(C=[15N]c2ccccc2)=C1. The summed E-state index contributed by atoms with van der Waals surface area (Å²) in [6.07, 6.45) is 10.1. The van der Waals surface area contributed by atoms with Crippen molar-refractivity contribution in [3.8, 4) is 0 Å². The molecular formula is C19H16N2. The molecule has 0 aromatic heterocycles. The molecule has 0 heterocycles. The van der Waals surface area contributed by atoms with Crippen LogP contribution in [0.3, 0.4) is 0 Å². The topological polar surface area (TPSA) is 24.4 Å². The normalized spacial score (nSPS) is 15.6. The molecule has 0 unspecified atom stereocenters. The summed E-state index contributed by atoms with van der Waals surface area (Å²) in [5.41, 5.74) is 4.26. The first-order chi connectivity index (χ1) is 10.4. The molecule has 0 bridgehead atoms. The molecule has 1 aliphatic rings. The number of nitrogens with zero attached hydrogens (tertiary/aromatic N) is 1. The van der Waals surface area contributed by atoms with Crippen LogP contribution in [0.5, 0.6) is 0 Å². The van der Waals surface area contributed by atoms with Gasteiger partial charge in [-0.05, 0) is 29.8 Å². The lowest BCUT2D eigenvalue weighted by molar-refractivity contribution is 1.50. The van der Waals surface area contributed by atoms with Crippen molar-refractivity contribution in [2.45, 2.75) is 0 Å². The largest absolute Gasteiger partial charge is 0.361 e. The monoisotopic (exact) mass is 274 g/mol. The Morgan fingerprint density at radius 1 is 0.857 bits per heavy atom. The van der Waals surface area contributed by atoms with Crippen molar-refractivity contribution in [3.63, 3.8) is 0 Å². The van der Waals surface area contributed by atoms with Crippen molar-refractivity contribution < 1.29 is 0 Å². The van der Waals surface area contributed by atoms with E-state index in [1.165, 1.54) is 0 Å². The molecule has 2 nitrogen and oxygen atoms in total. The maximum atomic E-state index is 4.49. The van der Waals surface area contributed by atoms with E-state index in [1.54, 1.807) is 0 Å². The molecule has 0 spiro atoms. The van der Waals surface area contributed by atoms with Gasteiger partial charge in [-0.25, -0.2) is 0 Å². The van der Waals surface area contributed by atoms with Crippen molar-refractivity contribution in [2.75, 3.05) is 5.32 Å². The van der Waals surface area contributed by atoms with Crippen LogP contribution in [-0.2, 0) is 0 Å². The summed E-state index contributed by atoms with van der Waals surface area (Å²) < 4.78 is 0. The number of hydrogen-bond donors (Lipinski definition) is 1. The lowest BCUT2D eigenvalue weighted by atomic mass is 10.2. The minimum Gasteiger partial charge on any atom is -0.361 e. The molecule has 2 aromatic rings. The van der Waals surface area contributed by atoms with E-state index in [1.807, 2.05) is 79.2 Å². The first-order valence-electron chi connectivity index (χ1n) is 6.91. The summed E-state index contributed by atoms with van der Waals surface area (Å²) in [6.45, 7) is 0. The van der Waals surface area contributed by atoms with Gasteiger partial charge in [0.05, 0.1) is 5.69 Å². The van der Waals surface area contributed by atoms with Crippen molar-refractivity contribution >= 4 is 17.6 Å². The van der Waals surface area contributed by atoms with Gasteiger partial charge in [0.25, 0.3) is 0 Å². The van der Waals surface area contributed by atoms with E-state index in [0.29, 0.717) is 0 Å². The highest BCUT2D eigenvalue weighted by Crippen LogP contribution is 2.19. The summed E-state index contributed by atoms with van der Waals surface area (Å²) in [5.74, 6) is 0. The van der Waals surface area contributed by atoms with E-state index in [4.69, 9.17) is 0 Å². The highest BCUT2D eigenvalue weighted by atomic mass is 15.6. The third-order valence-electron chi connectivity index (χ3n) is 3.16. The van der Waals surface area contributed by atoms with Gasteiger partial charge in [-0.1, -0.05) is 54.6 Å². The number of nitrogens with one attached hydrogen (secondary N) is 1. The molecule has 0 aliphatic heterocycles. The number of rotatable bonds is 4. The Morgan fingerprint density at radius 3 is 2.33 bits per heavy atom. The number of hydrogen-bond acceptors (Lipinski definition) is 2. The Hall–Kier alpha value is -2.87. The van der Waals surface area contributed by atoms with E-state index in [-0.39, 0.29) is 0 Å². The number of anilines is 1. The highest BCUT2D eigenvalue weighted by Gasteiger charge is 2.03. The fourth-order valence-corrected chi connectivity index (χ4v) is 2.05. The van der Waals surface area contributed by atoms with Crippen LogP contribution in [0.15, 0.2) is 101 Å². The second-order valence-corrected chi connectivity index (χ2v) is 4.68. The summed E-state index contributed by atoms with van der Waals surface area (Å²) in [4.78, 5) is 4.49. The van der Waals surface area contributed by atoms with Crippen molar-refractivity contribution in [1.29, 1.82) is 0 Å². The predicted molar refractivity (Wildman–Crippen MR) is 90.0 cm³/mol. The second-order valence-electron chi connectivity index (χ2n) is 4.68. The van der Waals surface area contributed by atoms with Crippen LogP contribution in [0.2, 0.25) is 0 Å². The summed E-state index contributed by atoms with van der Waals surface area (Å²) >= 11 is 0. The molecule has 3 rings (SSSR count). The van der Waals surface area contributed by atoms with Crippen LogP contribution in [0.1, 0.15) is 0 Å². The number of aliphatic imine (C=N–C) groups is 1. The van der Waals surface area contributed by atoms with Crippen molar-refractivity contribution in [2.24, 2.45) is 4.99 Å². The third kappa shape index (κ3) is 3.57. The third-order valence-corrected chi connectivity index (χ3v) is 3.16. The van der Waals surface area contributed by atoms with E-state index < -0.39 is 0 Å². The maximum Gasteiger partial charge on any atom is 0.0629 e. The van der Waals surface area contributed by atoms with Crippen LogP contribution < -0.4 is 5.32 Å². The minimum atomic E-state index is 0.959. The molecule has 0 amide bonds. The molecule has 102 valence electrons. The fourth-order valence-electron chi connectivity index (χ4n) is 2.05. The average molecular weight is 274 g/mol. The smallest absolute Gasteiger partial charge is 0.0629 e. The van der Waals surface area contributed by atoms with Gasteiger partial charge in [0.1, 0.15) is 0 Å². The standard InChI is InChI=1S/C19H16N2/c1-3-10-18(11-4-1)20-14-16-8-7-9-17(16)15-21-19-12-5-2-6-13-19/h1-15,20H/b16-14-,21-15?/i20+1,21+1. The maximum absolute atomic E-state index is 4.49. The Bertz CT molecular complexity index is 708. The zero-order chi connectivity index (χ0) is 14.3. The lowest BCUT2D eigenvalue weighted by Crippen LogP contribution is -1.92. The first-order valence-corrected chi connectivity index (χ1v) is 6.91. The van der Waals surface area contributed by atoms with Gasteiger partial charge in [-0.3, -0.25) is 4.99 Å². The fraction of sp³-hybridized carbons (Fsp3) is 0. The Morgan fingerprint density at radius 2 is 1.57 bits per heavy atom. The van der Waals surface area contributed by atoms with Crippen molar-refractivity contribution in [3.05, 3.63) is 96.2 Å². The molecule has 1 aliphatic carbocycles. The molecule has 0 fully saturated rings. The molecule has 0 saturated heterocycles. The molecule has 2 aromatic carbocycles. The molecule has 21 heavy (non-hydrogen) atoms. The van der Waals surface area contributed by atoms with Gasteiger partial charge in [-0.15, -0.1) is 0 Å². The van der Waals surface area contributed by atoms with Crippen molar-refractivity contribution in [1.82, 2.24) is 0 Å². The molecule has 0 atom stereocenters. The molecule has 0 saturated carbocycles. The van der Waals surface area contributed by atoms with Gasteiger partial charge in [0.2, 0.25) is 0 Å². The zero-order valence-electron chi connectivity index (χ0n) is 11.6. The Labute approximate surface area is 124 Å². The molecular weight excluding hydrogens is 258 g/mol. The quantitative estimate of drug-likeness (QED) is 0.623.